The van der Waals surface area contributed by atoms with Crippen molar-refractivity contribution in [1.29, 1.82) is 0 Å². The van der Waals surface area contributed by atoms with Crippen LogP contribution in [0.25, 0.3) is 16.8 Å². The lowest BCUT2D eigenvalue weighted by molar-refractivity contribution is -0.0498. The number of ether oxygens (including phenoxy) is 1. The van der Waals surface area contributed by atoms with Crippen LogP contribution < -0.4 is 4.74 Å². The van der Waals surface area contributed by atoms with Gasteiger partial charge in [0.05, 0.1) is 0 Å². The minimum atomic E-state index is -2.78. The lowest BCUT2D eigenvalue weighted by atomic mass is 9.78. The van der Waals surface area contributed by atoms with Gasteiger partial charge in [-0.25, -0.2) is 0 Å². The molecule has 0 N–H and O–H groups in total. The highest BCUT2D eigenvalue weighted by Crippen LogP contribution is 2.37. The van der Waals surface area contributed by atoms with E-state index in [0.717, 1.165) is 24.8 Å². The second kappa shape index (κ2) is 6.91. The van der Waals surface area contributed by atoms with Crippen LogP contribution >= 0.6 is 0 Å². The van der Waals surface area contributed by atoms with Gasteiger partial charge >= 0.3 is 6.61 Å². The Morgan fingerprint density at radius 1 is 1.04 bits per heavy atom. The maximum atomic E-state index is 12.3. The van der Waals surface area contributed by atoms with Gasteiger partial charge in [0, 0.05) is 0 Å². The van der Waals surface area contributed by atoms with E-state index >= 15 is 0 Å². The second-order valence-corrected chi connectivity index (χ2v) is 6.78. The summed E-state index contributed by atoms with van der Waals surface area (Å²) >= 11 is 0. The van der Waals surface area contributed by atoms with Crippen LogP contribution in [0.2, 0.25) is 0 Å². The molecule has 132 valence electrons. The zero-order valence-electron chi connectivity index (χ0n) is 14.4. The summed E-state index contributed by atoms with van der Waals surface area (Å²) in [6.07, 6.45) is 4.93. The quantitative estimate of drug-likeness (QED) is 0.532. The fraction of sp³-hybridized carbons (Fsp3) is 0.217. The Morgan fingerprint density at radius 3 is 2.58 bits per heavy atom. The predicted molar refractivity (Wildman–Crippen MR) is 102 cm³/mol. The minimum absolute atomic E-state index is 0.212. The van der Waals surface area contributed by atoms with Crippen LogP contribution in [0.4, 0.5) is 8.78 Å². The van der Waals surface area contributed by atoms with E-state index in [1.54, 1.807) is 12.1 Å². The van der Waals surface area contributed by atoms with Crippen LogP contribution in [0.1, 0.15) is 34.6 Å². The number of alkyl halides is 2. The van der Waals surface area contributed by atoms with Gasteiger partial charge in [0.25, 0.3) is 0 Å². The molecule has 1 atom stereocenters. The van der Waals surface area contributed by atoms with Gasteiger partial charge in [0.2, 0.25) is 0 Å². The number of hydrogen-bond acceptors (Lipinski definition) is 1. The largest absolute Gasteiger partial charge is 0.435 e. The van der Waals surface area contributed by atoms with Crippen molar-refractivity contribution < 1.29 is 13.5 Å². The van der Waals surface area contributed by atoms with Crippen molar-refractivity contribution in [1.82, 2.24) is 0 Å². The number of rotatable bonds is 4. The first-order valence-electron chi connectivity index (χ1n) is 8.86. The lowest BCUT2D eigenvalue weighted by Gasteiger charge is -2.26. The maximum Gasteiger partial charge on any atom is 0.387 e. The minimum Gasteiger partial charge on any atom is -0.435 e. The van der Waals surface area contributed by atoms with Crippen LogP contribution in [-0.2, 0) is 12.8 Å². The Bertz CT molecular complexity index is 944. The van der Waals surface area contributed by atoms with E-state index in [0.29, 0.717) is 5.92 Å². The summed E-state index contributed by atoms with van der Waals surface area (Å²) in [5, 5.41) is 2.58. The molecule has 1 aliphatic rings. The Hall–Kier alpha value is -2.68. The molecule has 3 aromatic rings. The predicted octanol–water partition coefficient (Wildman–Crippen LogP) is 6.36. The Kier molecular flexibility index (Phi) is 4.46. The highest BCUT2D eigenvalue weighted by Gasteiger charge is 2.21. The molecule has 3 heteroatoms. The standard InChI is InChI=1S/C23H20F2O/c1-2-15-3-11-21-18(13-15)4-5-19-14-17(8-12-22(19)21)16-6-9-20(10-7-16)26-23(24)25/h2-7,9-11,13,17,23H,1,8,12,14H2. The van der Waals surface area contributed by atoms with E-state index < -0.39 is 6.61 Å². The highest BCUT2D eigenvalue weighted by atomic mass is 19.3. The van der Waals surface area contributed by atoms with Gasteiger partial charge in [0.1, 0.15) is 5.75 Å². The normalized spacial score (nSPS) is 16.5. The molecule has 1 unspecified atom stereocenters. The van der Waals surface area contributed by atoms with Gasteiger partial charge in [-0.1, -0.05) is 49.1 Å². The van der Waals surface area contributed by atoms with Crippen LogP contribution in [-0.4, -0.2) is 6.61 Å². The third-order valence-corrected chi connectivity index (χ3v) is 5.27. The fourth-order valence-electron chi connectivity index (χ4n) is 3.96. The number of benzene rings is 3. The van der Waals surface area contributed by atoms with E-state index in [9.17, 15) is 8.78 Å². The Balaban J connectivity index is 1.59. The fourth-order valence-corrected chi connectivity index (χ4v) is 3.96. The van der Waals surface area contributed by atoms with Crippen molar-refractivity contribution in [3.05, 3.63) is 83.4 Å². The monoisotopic (exact) mass is 350 g/mol. The molecule has 0 fully saturated rings. The van der Waals surface area contributed by atoms with Crippen molar-refractivity contribution in [2.75, 3.05) is 0 Å². The summed E-state index contributed by atoms with van der Waals surface area (Å²) < 4.78 is 29.0. The SMILES string of the molecule is C=Cc1ccc2c3c(ccc2c1)CC(c1ccc(OC(F)F)cc1)CC3. The molecule has 4 rings (SSSR count). The number of halogens is 2. The number of fused-ring (bicyclic) bond motifs is 3. The molecule has 0 radical (unpaired) electrons. The molecule has 0 amide bonds. The summed E-state index contributed by atoms with van der Waals surface area (Å²) in [7, 11) is 0. The summed E-state index contributed by atoms with van der Waals surface area (Å²) in [6.45, 7) is 1.06. The van der Waals surface area contributed by atoms with Gasteiger partial charge < -0.3 is 4.74 Å². The smallest absolute Gasteiger partial charge is 0.387 e. The van der Waals surface area contributed by atoms with Crippen molar-refractivity contribution in [3.63, 3.8) is 0 Å². The zero-order chi connectivity index (χ0) is 18.1. The van der Waals surface area contributed by atoms with E-state index in [1.165, 1.54) is 27.5 Å². The molecular weight excluding hydrogens is 330 g/mol. The molecule has 3 aromatic carbocycles. The highest BCUT2D eigenvalue weighted by molar-refractivity contribution is 5.88. The van der Waals surface area contributed by atoms with Crippen LogP contribution in [0.5, 0.6) is 5.75 Å². The van der Waals surface area contributed by atoms with Gasteiger partial charge in [-0.2, -0.15) is 8.78 Å². The summed E-state index contributed by atoms with van der Waals surface area (Å²) in [4.78, 5) is 0. The van der Waals surface area contributed by atoms with Gasteiger partial charge in [-0.15, -0.1) is 0 Å². The summed E-state index contributed by atoms with van der Waals surface area (Å²) in [5.41, 5.74) is 5.14. The number of hydrogen-bond donors (Lipinski definition) is 0. The maximum absolute atomic E-state index is 12.3. The molecule has 0 saturated carbocycles. The summed E-state index contributed by atoms with van der Waals surface area (Å²) in [6, 6.07) is 18.0. The lowest BCUT2D eigenvalue weighted by Crippen LogP contribution is -2.13. The Labute approximate surface area is 151 Å². The second-order valence-electron chi connectivity index (χ2n) is 6.78. The summed E-state index contributed by atoms with van der Waals surface area (Å²) in [5.74, 6) is 0.622. The van der Waals surface area contributed by atoms with E-state index in [2.05, 4.69) is 41.6 Å². The van der Waals surface area contributed by atoms with Crippen molar-refractivity contribution >= 4 is 16.8 Å². The molecule has 0 aromatic heterocycles. The van der Waals surface area contributed by atoms with Crippen LogP contribution in [0, 0.1) is 0 Å². The van der Waals surface area contributed by atoms with E-state index in [4.69, 9.17) is 0 Å². The molecule has 0 bridgehead atoms. The average Bonchev–Trinajstić information content (AvgIpc) is 2.67. The average molecular weight is 350 g/mol. The topological polar surface area (TPSA) is 9.23 Å². The van der Waals surface area contributed by atoms with Gasteiger partial charge in [0.15, 0.2) is 0 Å². The molecule has 1 aliphatic carbocycles. The molecule has 0 spiro atoms. The molecule has 0 saturated heterocycles. The van der Waals surface area contributed by atoms with Crippen molar-refractivity contribution in [2.45, 2.75) is 31.8 Å². The van der Waals surface area contributed by atoms with E-state index in [-0.39, 0.29) is 5.75 Å². The zero-order valence-corrected chi connectivity index (χ0v) is 14.4. The van der Waals surface area contributed by atoms with Crippen molar-refractivity contribution in [3.8, 4) is 5.75 Å². The van der Waals surface area contributed by atoms with Crippen LogP contribution in [0.15, 0.2) is 61.2 Å². The third kappa shape index (κ3) is 3.22. The van der Waals surface area contributed by atoms with Crippen molar-refractivity contribution in [2.24, 2.45) is 0 Å². The van der Waals surface area contributed by atoms with Gasteiger partial charge in [-0.3, -0.25) is 0 Å². The molecular formula is C23H20F2O. The first-order valence-corrected chi connectivity index (χ1v) is 8.86. The first-order chi connectivity index (χ1) is 12.6. The Morgan fingerprint density at radius 2 is 1.85 bits per heavy atom. The molecule has 1 nitrogen and oxygen atoms in total. The van der Waals surface area contributed by atoms with Gasteiger partial charge in [-0.05, 0) is 76.4 Å². The molecule has 0 aliphatic heterocycles. The molecule has 0 heterocycles. The third-order valence-electron chi connectivity index (χ3n) is 5.27. The molecule has 26 heavy (non-hydrogen) atoms. The van der Waals surface area contributed by atoms with E-state index in [1.807, 2.05) is 18.2 Å². The van der Waals surface area contributed by atoms with Crippen LogP contribution in [0.3, 0.4) is 0 Å². The number of aryl methyl sites for hydroxylation is 1. The first kappa shape index (κ1) is 16.8.